The van der Waals surface area contributed by atoms with Gasteiger partial charge in [0.05, 0.1) is 28.3 Å². The number of hydrogen-bond donors (Lipinski definition) is 2. The molecule has 0 spiro atoms. The average molecular weight is 498 g/mol. The second kappa shape index (κ2) is 9.38. The lowest BCUT2D eigenvalue weighted by Crippen LogP contribution is -2.36. The van der Waals surface area contributed by atoms with E-state index < -0.39 is 5.92 Å². The SMILES string of the molecule is Cc1c(Cl)cccc1NC(=O)CSC1=C(C#N)[C@H](c2cccs2)C2=C(CC(C)(C)CC2=O)N1. The molecule has 4 rings (SSSR count). The topological polar surface area (TPSA) is 82.0 Å². The van der Waals surface area contributed by atoms with Gasteiger partial charge < -0.3 is 10.6 Å². The molecule has 0 bridgehead atoms. The molecule has 2 aliphatic rings. The molecular formula is C25H24ClN3O2S2. The number of hydrogen-bond acceptors (Lipinski definition) is 6. The first kappa shape index (κ1) is 23.6. The monoisotopic (exact) mass is 497 g/mol. The van der Waals surface area contributed by atoms with Gasteiger partial charge in [0.1, 0.15) is 0 Å². The predicted octanol–water partition coefficient (Wildman–Crippen LogP) is 6.15. The van der Waals surface area contributed by atoms with E-state index in [2.05, 4.69) is 30.6 Å². The molecule has 33 heavy (non-hydrogen) atoms. The van der Waals surface area contributed by atoms with Gasteiger partial charge in [0.2, 0.25) is 5.91 Å². The number of anilines is 1. The van der Waals surface area contributed by atoms with Crippen LogP contribution in [-0.2, 0) is 9.59 Å². The van der Waals surface area contributed by atoms with Gasteiger partial charge >= 0.3 is 0 Å². The van der Waals surface area contributed by atoms with E-state index in [0.717, 1.165) is 16.1 Å². The number of nitrogens with one attached hydrogen (secondary N) is 2. The first-order chi connectivity index (χ1) is 15.7. The van der Waals surface area contributed by atoms with Crippen LogP contribution in [-0.4, -0.2) is 17.4 Å². The Kier molecular flexibility index (Phi) is 6.71. The summed E-state index contributed by atoms with van der Waals surface area (Å²) in [5.74, 6) is -0.380. The summed E-state index contributed by atoms with van der Waals surface area (Å²) >= 11 is 8.98. The standard InChI is InChI=1S/C25H24ClN3O2S2/c1-14-16(26)6-4-7-17(14)28-21(31)13-33-24-15(12-27)22(20-8-5-9-32-20)23-18(29-24)10-25(2,3)11-19(23)30/h4-9,22,29H,10-11,13H2,1-3H3,(H,28,31)/t22-/m1/s1. The highest BCUT2D eigenvalue weighted by Gasteiger charge is 2.42. The van der Waals surface area contributed by atoms with Crippen molar-refractivity contribution in [1.29, 1.82) is 5.26 Å². The highest BCUT2D eigenvalue weighted by molar-refractivity contribution is 8.03. The number of carbonyl (C=O) groups excluding carboxylic acids is 2. The summed E-state index contributed by atoms with van der Waals surface area (Å²) in [5.41, 5.74) is 3.35. The van der Waals surface area contributed by atoms with Crippen LogP contribution in [0.3, 0.4) is 0 Å². The summed E-state index contributed by atoms with van der Waals surface area (Å²) in [6.45, 7) is 6.01. The van der Waals surface area contributed by atoms with Crippen LogP contribution in [0.2, 0.25) is 5.02 Å². The third-order valence-corrected chi connectivity index (χ3v) is 8.21. The van der Waals surface area contributed by atoms with Crippen LogP contribution < -0.4 is 10.6 Å². The molecule has 0 fully saturated rings. The molecule has 1 amide bonds. The molecule has 0 radical (unpaired) electrons. The van der Waals surface area contributed by atoms with Crippen molar-refractivity contribution in [3.63, 3.8) is 0 Å². The van der Waals surface area contributed by atoms with Crippen molar-refractivity contribution in [2.45, 2.75) is 39.5 Å². The van der Waals surface area contributed by atoms with Gasteiger partial charge in [0.15, 0.2) is 5.78 Å². The molecule has 1 aromatic heterocycles. The average Bonchev–Trinajstić information content (AvgIpc) is 3.28. The van der Waals surface area contributed by atoms with E-state index in [0.29, 0.717) is 39.7 Å². The molecule has 170 valence electrons. The van der Waals surface area contributed by atoms with Crippen LogP contribution >= 0.6 is 34.7 Å². The van der Waals surface area contributed by atoms with Crippen molar-refractivity contribution in [2.75, 3.05) is 11.1 Å². The van der Waals surface area contributed by atoms with E-state index in [1.807, 2.05) is 30.5 Å². The number of rotatable bonds is 5. The second-order valence-electron chi connectivity index (χ2n) is 9.01. The van der Waals surface area contributed by atoms with Crippen LogP contribution in [0.15, 0.2) is 57.6 Å². The highest BCUT2D eigenvalue weighted by Crippen LogP contribution is 2.48. The van der Waals surface area contributed by atoms with Crippen molar-refractivity contribution in [3.8, 4) is 6.07 Å². The first-order valence-electron chi connectivity index (χ1n) is 10.6. The molecule has 2 aromatic rings. The largest absolute Gasteiger partial charge is 0.352 e. The van der Waals surface area contributed by atoms with Crippen molar-refractivity contribution >= 4 is 52.1 Å². The maximum Gasteiger partial charge on any atom is 0.234 e. The number of benzene rings is 1. The van der Waals surface area contributed by atoms with Crippen molar-refractivity contribution < 1.29 is 9.59 Å². The van der Waals surface area contributed by atoms with Crippen molar-refractivity contribution in [2.24, 2.45) is 5.41 Å². The summed E-state index contributed by atoms with van der Waals surface area (Å²) in [4.78, 5) is 26.8. The Bertz CT molecular complexity index is 1220. The summed E-state index contributed by atoms with van der Waals surface area (Å²) < 4.78 is 0. The fourth-order valence-corrected chi connectivity index (χ4v) is 6.18. The van der Waals surface area contributed by atoms with Gasteiger partial charge in [0.25, 0.3) is 0 Å². The summed E-state index contributed by atoms with van der Waals surface area (Å²) in [7, 11) is 0. The lowest BCUT2D eigenvalue weighted by atomic mass is 9.70. The van der Waals surface area contributed by atoms with Crippen LogP contribution in [0.4, 0.5) is 5.69 Å². The summed E-state index contributed by atoms with van der Waals surface area (Å²) in [5, 5.41) is 19.5. The summed E-state index contributed by atoms with van der Waals surface area (Å²) in [6, 6.07) is 11.6. The number of thioether (sulfide) groups is 1. The zero-order chi connectivity index (χ0) is 23.8. The Balaban J connectivity index is 1.61. The van der Waals surface area contributed by atoms with E-state index in [1.165, 1.54) is 23.1 Å². The van der Waals surface area contributed by atoms with Crippen LogP contribution in [0.5, 0.6) is 0 Å². The molecule has 2 heterocycles. The van der Waals surface area contributed by atoms with E-state index in [9.17, 15) is 14.9 Å². The van der Waals surface area contributed by atoms with E-state index in [4.69, 9.17) is 11.6 Å². The molecular weight excluding hydrogens is 474 g/mol. The minimum Gasteiger partial charge on any atom is -0.352 e. The van der Waals surface area contributed by atoms with E-state index in [-0.39, 0.29) is 22.9 Å². The normalized spacial score (nSPS) is 19.6. The number of Topliss-reactive ketones (excluding diaryl/α,β-unsaturated/α-hetero) is 1. The van der Waals surface area contributed by atoms with Gasteiger partial charge in [-0.05, 0) is 47.9 Å². The number of thiophene rings is 1. The quantitative estimate of drug-likeness (QED) is 0.518. The second-order valence-corrected chi connectivity index (χ2v) is 11.4. The minimum atomic E-state index is -0.393. The lowest BCUT2D eigenvalue weighted by Gasteiger charge is -2.38. The zero-order valence-electron chi connectivity index (χ0n) is 18.6. The molecule has 1 aliphatic heterocycles. The third-order valence-electron chi connectivity index (χ3n) is 5.84. The van der Waals surface area contributed by atoms with Gasteiger partial charge in [-0.2, -0.15) is 5.26 Å². The lowest BCUT2D eigenvalue weighted by molar-refractivity contribution is -0.118. The molecule has 0 unspecified atom stereocenters. The summed E-state index contributed by atoms with van der Waals surface area (Å²) in [6.07, 6.45) is 1.17. The number of halogens is 1. The molecule has 1 atom stereocenters. The van der Waals surface area contributed by atoms with Gasteiger partial charge in [-0.3, -0.25) is 9.59 Å². The van der Waals surface area contributed by atoms with Gasteiger partial charge in [0, 0.05) is 33.3 Å². The van der Waals surface area contributed by atoms with Gasteiger partial charge in [-0.15, -0.1) is 11.3 Å². The Morgan fingerprint density at radius 2 is 2.12 bits per heavy atom. The van der Waals surface area contributed by atoms with Crippen LogP contribution in [0.1, 0.15) is 43.0 Å². The number of dihydropyridines is 1. The molecule has 5 nitrogen and oxygen atoms in total. The van der Waals surface area contributed by atoms with Crippen molar-refractivity contribution in [3.05, 3.63) is 73.0 Å². The predicted molar refractivity (Wildman–Crippen MR) is 135 cm³/mol. The van der Waals surface area contributed by atoms with Crippen LogP contribution in [0, 0.1) is 23.7 Å². The molecule has 0 saturated heterocycles. The maximum absolute atomic E-state index is 13.1. The van der Waals surface area contributed by atoms with Gasteiger partial charge in [-0.25, -0.2) is 0 Å². The Morgan fingerprint density at radius 3 is 2.82 bits per heavy atom. The maximum atomic E-state index is 13.1. The Hall–Kier alpha value is -2.53. The third kappa shape index (κ3) is 4.89. The number of nitrogens with zero attached hydrogens (tertiary/aromatic N) is 1. The smallest absolute Gasteiger partial charge is 0.234 e. The molecule has 1 aromatic carbocycles. The van der Waals surface area contributed by atoms with Gasteiger partial charge in [-0.1, -0.05) is 49.3 Å². The first-order valence-corrected chi connectivity index (χ1v) is 12.8. The fraction of sp³-hybridized carbons (Fsp3) is 0.320. The van der Waals surface area contributed by atoms with E-state index in [1.54, 1.807) is 12.1 Å². The number of nitriles is 1. The minimum absolute atomic E-state index is 0.0816. The van der Waals surface area contributed by atoms with Crippen LogP contribution in [0.25, 0.3) is 0 Å². The van der Waals surface area contributed by atoms with Crippen molar-refractivity contribution in [1.82, 2.24) is 5.32 Å². The number of allylic oxidation sites excluding steroid dienone is 3. The highest BCUT2D eigenvalue weighted by atomic mass is 35.5. The zero-order valence-corrected chi connectivity index (χ0v) is 21.0. The molecule has 0 saturated carbocycles. The van der Waals surface area contributed by atoms with E-state index >= 15 is 0 Å². The Morgan fingerprint density at radius 1 is 1.33 bits per heavy atom. The number of amides is 1. The Labute approximate surface area is 206 Å². The molecule has 2 N–H and O–H groups in total. The molecule has 1 aliphatic carbocycles. The number of carbonyl (C=O) groups is 2. The fourth-order valence-electron chi connectivity index (χ4n) is 4.30. The molecule has 8 heteroatoms. The number of ketones is 1.